The predicted molar refractivity (Wildman–Crippen MR) is 107 cm³/mol. The van der Waals surface area contributed by atoms with Gasteiger partial charge in [-0.15, -0.1) is 11.3 Å². The van der Waals surface area contributed by atoms with Crippen LogP contribution in [0.4, 0.5) is 0 Å². The Morgan fingerprint density at radius 3 is 2.86 bits per heavy atom. The SMILES string of the molecule is O=C(CCCOc1ccccc1)OCc1cc(=O)n2c3c(sc2n1)CCCC3. The molecule has 28 heavy (non-hydrogen) atoms. The third-order valence-electron chi connectivity index (χ3n) is 4.73. The number of benzene rings is 1. The number of carbonyl (C=O) groups is 1. The maximum Gasteiger partial charge on any atom is 0.306 e. The van der Waals surface area contributed by atoms with E-state index in [0.29, 0.717) is 23.7 Å². The molecule has 6 nitrogen and oxygen atoms in total. The number of esters is 1. The van der Waals surface area contributed by atoms with Crippen LogP contribution in [0.2, 0.25) is 0 Å². The number of ether oxygens (including phenoxy) is 2. The van der Waals surface area contributed by atoms with E-state index >= 15 is 0 Å². The Kier molecular flexibility index (Phi) is 5.71. The molecule has 0 unspecified atom stereocenters. The van der Waals surface area contributed by atoms with Crippen LogP contribution in [0.1, 0.15) is 41.9 Å². The van der Waals surface area contributed by atoms with Gasteiger partial charge in [0.15, 0.2) is 4.96 Å². The number of aromatic nitrogens is 2. The van der Waals surface area contributed by atoms with E-state index in [9.17, 15) is 9.59 Å². The molecular weight excluding hydrogens is 376 g/mol. The van der Waals surface area contributed by atoms with E-state index in [0.717, 1.165) is 37.1 Å². The first-order valence-corrected chi connectivity index (χ1v) is 10.4. The molecule has 0 radical (unpaired) electrons. The van der Waals surface area contributed by atoms with Crippen molar-refractivity contribution in [3.8, 4) is 5.75 Å². The number of para-hydroxylation sites is 1. The van der Waals surface area contributed by atoms with Crippen LogP contribution in [0.3, 0.4) is 0 Å². The van der Waals surface area contributed by atoms with Gasteiger partial charge in [-0.1, -0.05) is 18.2 Å². The first-order valence-electron chi connectivity index (χ1n) is 9.57. The molecule has 0 N–H and O–H groups in total. The number of hydrogen-bond acceptors (Lipinski definition) is 6. The lowest BCUT2D eigenvalue weighted by Crippen LogP contribution is -2.18. The minimum atomic E-state index is -0.316. The van der Waals surface area contributed by atoms with Crippen molar-refractivity contribution in [3.05, 3.63) is 63.0 Å². The maximum atomic E-state index is 12.5. The molecule has 1 aromatic carbocycles. The molecule has 0 amide bonds. The zero-order valence-corrected chi connectivity index (χ0v) is 16.4. The van der Waals surface area contributed by atoms with Gasteiger partial charge in [-0.05, 0) is 44.2 Å². The van der Waals surface area contributed by atoms with Gasteiger partial charge in [-0.2, -0.15) is 0 Å². The fourth-order valence-corrected chi connectivity index (χ4v) is 4.60. The summed E-state index contributed by atoms with van der Waals surface area (Å²) in [5, 5.41) is 0. The van der Waals surface area contributed by atoms with Crippen molar-refractivity contribution in [2.24, 2.45) is 0 Å². The molecule has 2 aromatic heterocycles. The summed E-state index contributed by atoms with van der Waals surface area (Å²) >= 11 is 1.57. The largest absolute Gasteiger partial charge is 0.494 e. The molecule has 2 heterocycles. The van der Waals surface area contributed by atoms with Gasteiger partial charge in [-0.25, -0.2) is 4.98 Å². The average Bonchev–Trinajstić information content (AvgIpc) is 3.09. The normalized spacial score (nSPS) is 13.3. The van der Waals surface area contributed by atoms with Crippen LogP contribution < -0.4 is 10.3 Å². The number of aryl methyl sites for hydroxylation is 2. The first kappa shape index (κ1) is 18.7. The van der Waals surface area contributed by atoms with Crippen LogP contribution in [0.15, 0.2) is 41.2 Å². The number of thiazole rings is 1. The van der Waals surface area contributed by atoms with E-state index in [1.807, 2.05) is 30.3 Å². The van der Waals surface area contributed by atoms with Gasteiger partial charge < -0.3 is 9.47 Å². The minimum absolute atomic E-state index is 0.0205. The second-order valence-electron chi connectivity index (χ2n) is 6.81. The first-order chi connectivity index (χ1) is 13.7. The van der Waals surface area contributed by atoms with E-state index in [1.165, 1.54) is 10.9 Å². The third kappa shape index (κ3) is 4.25. The van der Waals surface area contributed by atoms with Crippen molar-refractivity contribution in [2.75, 3.05) is 6.61 Å². The molecule has 146 valence electrons. The second kappa shape index (κ2) is 8.56. The summed E-state index contributed by atoms with van der Waals surface area (Å²) in [6.07, 6.45) is 5.04. The highest BCUT2D eigenvalue weighted by atomic mass is 32.1. The number of hydrogen-bond donors (Lipinski definition) is 0. The Bertz CT molecular complexity index is 1030. The van der Waals surface area contributed by atoms with E-state index in [-0.39, 0.29) is 24.6 Å². The topological polar surface area (TPSA) is 69.9 Å². The summed E-state index contributed by atoms with van der Waals surface area (Å²) in [5.41, 5.74) is 1.51. The van der Waals surface area contributed by atoms with Crippen LogP contribution >= 0.6 is 11.3 Å². The lowest BCUT2D eigenvalue weighted by Gasteiger charge is -2.10. The van der Waals surface area contributed by atoms with Gasteiger partial charge in [0.25, 0.3) is 5.56 Å². The van der Waals surface area contributed by atoms with Crippen LogP contribution in [0.25, 0.3) is 4.96 Å². The number of nitrogens with zero attached hydrogens (tertiary/aromatic N) is 2. The average molecular weight is 398 g/mol. The van der Waals surface area contributed by atoms with Crippen molar-refractivity contribution in [2.45, 2.75) is 45.1 Å². The molecule has 4 rings (SSSR count). The number of carbonyl (C=O) groups excluding carboxylic acids is 1. The monoisotopic (exact) mass is 398 g/mol. The van der Waals surface area contributed by atoms with Crippen molar-refractivity contribution in [1.29, 1.82) is 0 Å². The van der Waals surface area contributed by atoms with Gasteiger partial charge >= 0.3 is 5.97 Å². The second-order valence-corrected chi connectivity index (χ2v) is 7.87. The molecule has 0 saturated heterocycles. The van der Waals surface area contributed by atoms with Crippen molar-refractivity contribution >= 4 is 22.3 Å². The van der Waals surface area contributed by atoms with Crippen LogP contribution in [-0.4, -0.2) is 22.0 Å². The summed E-state index contributed by atoms with van der Waals surface area (Å²) in [6.45, 7) is 0.470. The van der Waals surface area contributed by atoms with E-state index in [1.54, 1.807) is 15.7 Å². The quantitative estimate of drug-likeness (QED) is 0.450. The molecule has 0 saturated carbocycles. The molecular formula is C21H22N2O4S. The van der Waals surface area contributed by atoms with Gasteiger partial charge in [0, 0.05) is 23.1 Å². The Morgan fingerprint density at radius 2 is 2.00 bits per heavy atom. The lowest BCUT2D eigenvalue weighted by molar-refractivity contribution is -0.145. The van der Waals surface area contributed by atoms with Gasteiger partial charge in [0.2, 0.25) is 0 Å². The van der Waals surface area contributed by atoms with E-state index in [2.05, 4.69) is 4.98 Å². The molecule has 0 spiro atoms. The summed E-state index contributed by atoms with van der Waals surface area (Å²) in [5.74, 6) is 0.469. The fourth-order valence-electron chi connectivity index (χ4n) is 3.37. The Labute approximate surface area is 166 Å². The standard InChI is InChI=1S/C21H22N2O4S/c24-19-13-15(22-21-23(19)17-9-4-5-10-18(17)28-21)14-27-20(25)11-6-12-26-16-7-2-1-3-8-16/h1-3,7-8,13H,4-6,9-12,14H2. The highest BCUT2D eigenvalue weighted by molar-refractivity contribution is 7.17. The molecule has 3 aromatic rings. The highest BCUT2D eigenvalue weighted by Crippen LogP contribution is 2.28. The summed E-state index contributed by atoms with van der Waals surface area (Å²) in [4.78, 5) is 30.9. The summed E-state index contributed by atoms with van der Waals surface area (Å²) in [7, 11) is 0. The summed E-state index contributed by atoms with van der Waals surface area (Å²) in [6, 6.07) is 11.0. The van der Waals surface area contributed by atoms with E-state index in [4.69, 9.17) is 9.47 Å². The Hall–Kier alpha value is -2.67. The smallest absolute Gasteiger partial charge is 0.306 e. The van der Waals surface area contributed by atoms with Crippen LogP contribution in [0.5, 0.6) is 5.75 Å². The zero-order chi connectivity index (χ0) is 19.3. The zero-order valence-electron chi connectivity index (χ0n) is 15.6. The van der Waals surface area contributed by atoms with E-state index < -0.39 is 0 Å². The van der Waals surface area contributed by atoms with Gasteiger partial charge in [0.1, 0.15) is 12.4 Å². The molecule has 0 aliphatic heterocycles. The van der Waals surface area contributed by atoms with Crippen molar-refractivity contribution in [1.82, 2.24) is 9.38 Å². The van der Waals surface area contributed by atoms with Gasteiger partial charge in [0.05, 0.1) is 12.3 Å². The molecule has 0 bridgehead atoms. The maximum absolute atomic E-state index is 12.5. The van der Waals surface area contributed by atoms with Crippen LogP contribution in [-0.2, 0) is 29.0 Å². The predicted octanol–water partition coefficient (Wildman–Crippen LogP) is 3.54. The minimum Gasteiger partial charge on any atom is -0.494 e. The third-order valence-corrected chi connectivity index (χ3v) is 5.88. The lowest BCUT2D eigenvalue weighted by atomic mass is 10.0. The summed E-state index contributed by atoms with van der Waals surface area (Å²) < 4.78 is 12.6. The Balaban J connectivity index is 1.30. The molecule has 0 atom stereocenters. The molecule has 0 fully saturated rings. The molecule has 1 aliphatic rings. The van der Waals surface area contributed by atoms with Crippen LogP contribution in [0, 0.1) is 0 Å². The fraction of sp³-hybridized carbons (Fsp3) is 0.381. The van der Waals surface area contributed by atoms with Gasteiger partial charge in [-0.3, -0.25) is 14.0 Å². The number of rotatable bonds is 7. The number of fused-ring (bicyclic) bond motifs is 3. The molecule has 7 heteroatoms. The Morgan fingerprint density at radius 1 is 1.18 bits per heavy atom. The highest BCUT2D eigenvalue weighted by Gasteiger charge is 2.18. The van der Waals surface area contributed by atoms with Crippen molar-refractivity contribution in [3.63, 3.8) is 0 Å². The van der Waals surface area contributed by atoms with Crippen molar-refractivity contribution < 1.29 is 14.3 Å². The molecule has 1 aliphatic carbocycles.